The Morgan fingerprint density at radius 3 is 2.83 bits per heavy atom. The molecule has 2 N–H and O–H groups in total. The fraction of sp³-hybridized carbons (Fsp3) is 0.643. The van der Waals surface area contributed by atoms with Gasteiger partial charge in [0.2, 0.25) is 5.91 Å². The molecule has 7 nitrogen and oxygen atoms in total. The Balaban J connectivity index is 1.76. The zero-order valence-corrected chi connectivity index (χ0v) is 14.4. The number of carbonyl (C=O) groups is 3. The fourth-order valence-corrected chi connectivity index (χ4v) is 6.31. The van der Waals surface area contributed by atoms with Crippen LogP contribution in [0.3, 0.4) is 0 Å². The highest BCUT2D eigenvalue weighted by Gasteiger charge is 2.58. The number of thioether (sulfide) groups is 2. The average Bonchev–Trinajstić information content (AvgIpc) is 3.04. The molecule has 3 aliphatic heterocycles. The molecule has 0 spiro atoms. The molecular formula is C14H18N2O5S2. The summed E-state index contributed by atoms with van der Waals surface area (Å²) in [6.45, 7) is 4.74. The maximum atomic E-state index is 12.4. The maximum Gasteiger partial charge on any atom is 0.354 e. The number of carboxylic acid groups (broad SMARTS) is 1. The minimum absolute atomic E-state index is 0.0770. The van der Waals surface area contributed by atoms with Crippen LogP contribution in [0.15, 0.2) is 9.93 Å². The maximum absolute atomic E-state index is 12.4. The third-order valence-corrected chi connectivity index (χ3v) is 6.97. The molecule has 2 fully saturated rings. The molecule has 0 aromatic heterocycles. The smallest absolute Gasteiger partial charge is 0.354 e. The van der Waals surface area contributed by atoms with Crippen LogP contribution in [0.1, 0.15) is 20.3 Å². The molecule has 1 amide bonds. The summed E-state index contributed by atoms with van der Waals surface area (Å²) in [5, 5.41) is 12.8. The van der Waals surface area contributed by atoms with E-state index in [4.69, 9.17) is 4.74 Å². The average molecular weight is 358 g/mol. The number of ether oxygens (including phenoxy) is 1. The van der Waals surface area contributed by atoms with E-state index in [0.29, 0.717) is 9.49 Å². The van der Waals surface area contributed by atoms with Crippen molar-refractivity contribution < 1.29 is 24.2 Å². The van der Waals surface area contributed by atoms with Gasteiger partial charge < -0.3 is 15.2 Å². The molecule has 23 heavy (non-hydrogen) atoms. The second-order valence-corrected chi connectivity index (χ2v) is 8.43. The van der Waals surface area contributed by atoms with Crippen molar-refractivity contribution in [3.63, 3.8) is 0 Å². The molecule has 0 bridgehead atoms. The van der Waals surface area contributed by atoms with Crippen LogP contribution in [0.4, 0.5) is 0 Å². The van der Waals surface area contributed by atoms with Crippen LogP contribution in [-0.4, -0.2) is 57.7 Å². The predicted octanol–water partition coefficient (Wildman–Crippen LogP) is 0.818. The van der Waals surface area contributed by atoms with Gasteiger partial charge in [-0.25, -0.2) is 4.79 Å². The van der Waals surface area contributed by atoms with E-state index in [0.717, 1.165) is 19.5 Å². The van der Waals surface area contributed by atoms with E-state index in [2.05, 4.69) is 5.32 Å². The zero-order chi connectivity index (χ0) is 16.7. The highest BCUT2D eigenvalue weighted by atomic mass is 32.2. The second-order valence-electron chi connectivity index (χ2n) is 5.73. The molecule has 9 heteroatoms. The van der Waals surface area contributed by atoms with Crippen molar-refractivity contribution in [2.24, 2.45) is 5.92 Å². The Morgan fingerprint density at radius 2 is 2.26 bits per heavy atom. The van der Waals surface area contributed by atoms with Crippen LogP contribution >= 0.6 is 23.5 Å². The van der Waals surface area contributed by atoms with Crippen molar-refractivity contribution in [1.29, 1.82) is 0 Å². The highest BCUT2D eigenvalue weighted by Crippen LogP contribution is 2.55. The summed E-state index contributed by atoms with van der Waals surface area (Å²) in [5.74, 6) is -2.29. The summed E-state index contributed by atoms with van der Waals surface area (Å²) in [6.07, 6.45) is 0.425. The molecule has 3 heterocycles. The molecule has 4 atom stereocenters. The first-order valence-corrected chi connectivity index (χ1v) is 9.18. The lowest BCUT2D eigenvalue weighted by atomic mass is 9.92. The first-order valence-electron chi connectivity index (χ1n) is 7.42. The van der Waals surface area contributed by atoms with Crippen molar-refractivity contribution in [1.82, 2.24) is 10.2 Å². The fourth-order valence-electron chi connectivity index (χ4n) is 3.04. The lowest BCUT2D eigenvalue weighted by molar-refractivity contribution is -0.165. The third-order valence-electron chi connectivity index (χ3n) is 4.10. The lowest BCUT2D eigenvalue weighted by Crippen LogP contribution is -2.61. The van der Waals surface area contributed by atoms with Gasteiger partial charge in [-0.3, -0.25) is 14.5 Å². The van der Waals surface area contributed by atoms with Crippen LogP contribution in [0, 0.1) is 5.92 Å². The molecule has 0 radical (unpaired) electrons. The summed E-state index contributed by atoms with van der Waals surface area (Å²) < 4.78 is 5.80. The molecular weight excluding hydrogens is 340 g/mol. The van der Waals surface area contributed by atoms with E-state index < -0.39 is 24.0 Å². The van der Waals surface area contributed by atoms with Gasteiger partial charge in [0.25, 0.3) is 0 Å². The number of fused-ring (bicyclic) bond motifs is 1. The summed E-state index contributed by atoms with van der Waals surface area (Å²) >= 11 is 2.92. The SMILES string of the molecule is CC(=O)OC(C)C1C(=O)N2C(C(=O)O)=C(SC3CCNC3)S[C@H]12. The van der Waals surface area contributed by atoms with E-state index in [1.807, 2.05) is 0 Å². The van der Waals surface area contributed by atoms with Crippen molar-refractivity contribution in [3.8, 4) is 0 Å². The van der Waals surface area contributed by atoms with Gasteiger partial charge in [-0.1, -0.05) is 11.8 Å². The van der Waals surface area contributed by atoms with Crippen molar-refractivity contribution >= 4 is 41.4 Å². The normalized spacial score (nSPS) is 31.0. The minimum Gasteiger partial charge on any atom is -0.477 e. The van der Waals surface area contributed by atoms with Crippen molar-refractivity contribution in [2.75, 3.05) is 13.1 Å². The van der Waals surface area contributed by atoms with Crippen LogP contribution in [0.5, 0.6) is 0 Å². The molecule has 0 aromatic carbocycles. The number of hydrogen-bond donors (Lipinski definition) is 2. The summed E-state index contributed by atoms with van der Waals surface area (Å²) in [7, 11) is 0. The van der Waals surface area contributed by atoms with Crippen molar-refractivity contribution in [2.45, 2.75) is 37.0 Å². The molecule has 2 saturated heterocycles. The van der Waals surface area contributed by atoms with Crippen molar-refractivity contribution in [3.05, 3.63) is 9.93 Å². The van der Waals surface area contributed by atoms with Gasteiger partial charge in [0, 0.05) is 18.7 Å². The van der Waals surface area contributed by atoms with Crippen LogP contribution in [0.25, 0.3) is 0 Å². The van der Waals surface area contributed by atoms with Crippen LogP contribution in [-0.2, 0) is 19.1 Å². The topological polar surface area (TPSA) is 95.9 Å². The Labute approximate surface area is 142 Å². The number of aliphatic carboxylic acids is 1. The molecule has 126 valence electrons. The number of β-lactam (4-membered cyclic amide) rings is 1. The summed E-state index contributed by atoms with van der Waals surface area (Å²) in [6, 6.07) is 0. The number of rotatable bonds is 5. The molecule has 3 aliphatic rings. The number of nitrogens with zero attached hydrogens (tertiary/aromatic N) is 1. The van der Waals surface area contributed by atoms with E-state index in [1.54, 1.807) is 6.92 Å². The number of hydrogen-bond acceptors (Lipinski definition) is 7. The van der Waals surface area contributed by atoms with Gasteiger partial charge in [-0.2, -0.15) is 0 Å². The first kappa shape index (κ1) is 16.7. The predicted molar refractivity (Wildman–Crippen MR) is 86.5 cm³/mol. The number of nitrogens with one attached hydrogen (secondary N) is 1. The summed E-state index contributed by atoms with van der Waals surface area (Å²) in [5.41, 5.74) is 0.0770. The number of carbonyl (C=O) groups excluding carboxylic acids is 2. The van der Waals surface area contributed by atoms with Gasteiger partial charge in [0.15, 0.2) is 5.70 Å². The molecule has 0 aliphatic carbocycles. The standard InChI is InChI=1S/C14H18N2O5S2/c1-6(21-7(2)17)9-11(18)16-10(13(19)20)14(23-12(9)16)22-8-3-4-15-5-8/h6,8-9,12,15H,3-5H2,1-2H3,(H,19,20)/t6?,8?,9?,12-/m1/s1. The second kappa shape index (κ2) is 6.37. The monoisotopic (exact) mass is 358 g/mol. The highest BCUT2D eigenvalue weighted by molar-refractivity contribution is 8.23. The molecule has 0 saturated carbocycles. The molecule has 3 unspecified atom stereocenters. The molecule has 3 rings (SSSR count). The summed E-state index contributed by atoms with van der Waals surface area (Å²) in [4.78, 5) is 36.4. The van der Waals surface area contributed by atoms with Gasteiger partial charge >= 0.3 is 11.9 Å². The van der Waals surface area contributed by atoms with Gasteiger partial charge in [0.05, 0.1) is 4.24 Å². The Kier molecular flexibility index (Phi) is 4.61. The van der Waals surface area contributed by atoms with Crippen LogP contribution < -0.4 is 5.32 Å². The zero-order valence-electron chi connectivity index (χ0n) is 12.8. The van der Waals surface area contributed by atoms with E-state index in [9.17, 15) is 19.5 Å². The Morgan fingerprint density at radius 1 is 1.52 bits per heavy atom. The number of esters is 1. The van der Waals surface area contributed by atoms with E-state index >= 15 is 0 Å². The van der Waals surface area contributed by atoms with E-state index in [1.165, 1.54) is 35.3 Å². The van der Waals surface area contributed by atoms with Gasteiger partial charge in [-0.05, 0) is 19.9 Å². The Bertz CT molecular complexity index is 588. The third kappa shape index (κ3) is 2.97. The van der Waals surface area contributed by atoms with Crippen LogP contribution in [0.2, 0.25) is 0 Å². The lowest BCUT2D eigenvalue weighted by Gasteiger charge is -2.44. The van der Waals surface area contributed by atoms with Gasteiger partial charge in [-0.15, -0.1) is 11.8 Å². The van der Waals surface area contributed by atoms with E-state index in [-0.39, 0.29) is 17.0 Å². The molecule has 0 aromatic rings. The Hall–Kier alpha value is -1.19. The minimum atomic E-state index is -1.08. The number of amides is 1. The largest absolute Gasteiger partial charge is 0.477 e. The quantitative estimate of drug-likeness (QED) is 0.551. The van der Waals surface area contributed by atoms with Gasteiger partial charge in [0.1, 0.15) is 17.4 Å². The first-order chi connectivity index (χ1) is 10.9. The number of carboxylic acids is 1.